The van der Waals surface area contributed by atoms with Crippen molar-refractivity contribution in [1.29, 1.82) is 5.26 Å². The number of benzene rings is 2. The topological polar surface area (TPSA) is 117 Å². The maximum atomic E-state index is 11.9. The van der Waals surface area contributed by atoms with E-state index in [-0.39, 0.29) is 23.4 Å². The molecule has 0 amide bonds. The van der Waals surface area contributed by atoms with Gasteiger partial charge in [-0.25, -0.2) is 9.97 Å². The van der Waals surface area contributed by atoms with Crippen LogP contribution in [0.15, 0.2) is 42.7 Å². The minimum atomic E-state index is -0.590. The van der Waals surface area contributed by atoms with E-state index in [4.69, 9.17) is 23.2 Å². The van der Waals surface area contributed by atoms with E-state index in [0.29, 0.717) is 21.3 Å². The van der Waals surface area contributed by atoms with Crippen LogP contribution in [0.3, 0.4) is 0 Å². The molecule has 0 bridgehead atoms. The molecule has 1 saturated carbocycles. The fourth-order valence-corrected chi connectivity index (χ4v) is 4.58. The second-order valence-corrected chi connectivity index (χ2v) is 9.07. The molecule has 2 N–H and O–H groups in total. The normalized spacial score (nSPS) is 14.4. The van der Waals surface area contributed by atoms with Crippen LogP contribution in [0.5, 0.6) is 0 Å². The molecule has 34 heavy (non-hydrogen) atoms. The van der Waals surface area contributed by atoms with E-state index in [9.17, 15) is 15.4 Å². The SMILES string of the molecule is Cc1cc(C(C#N)c2ccc(Cl)cc2)c(Cl)cc1Nc1ncnc(NC2CCCC2)c1[N+](=O)[O-]. The summed E-state index contributed by atoms with van der Waals surface area (Å²) in [6, 6.07) is 12.9. The number of aromatic nitrogens is 2. The van der Waals surface area contributed by atoms with Gasteiger partial charge in [0.05, 0.1) is 16.9 Å². The molecule has 0 saturated heterocycles. The van der Waals surface area contributed by atoms with Gasteiger partial charge in [0.1, 0.15) is 6.33 Å². The van der Waals surface area contributed by atoms with Gasteiger partial charge in [-0.3, -0.25) is 10.1 Å². The highest BCUT2D eigenvalue weighted by Crippen LogP contribution is 2.38. The lowest BCUT2D eigenvalue weighted by Gasteiger charge is -2.17. The van der Waals surface area contributed by atoms with Crippen molar-refractivity contribution in [2.45, 2.75) is 44.6 Å². The molecule has 1 fully saturated rings. The van der Waals surface area contributed by atoms with Gasteiger partial charge in [0.25, 0.3) is 0 Å². The highest BCUT2D eigenvalue weighted by molar-refractivity contribution is 6.32. The predicted octanol–water partition coefficient (Wildman–Crippen LogP) is 6.75. The Morgan fingerprint density at radius 3 is 2.47 bits per heavy atom. The molecule has 1 aliphatic rings. The van der Waals surface area contributed by atoms with Crippen LogP contribution in [0.4, 0.5) is 23.0 Å². The molecule has 1 heterocycles. The third kappa shape index (κ3) is 5.06. The highest BCUT2D eigenvalue weighted by atomic mass is 35.5. The van der Waals surface area contributed by atoms with Crippen molar-refractivity contribution in [3.63, 3.8) is 0 Å². The fourth-order valence-electron chi connectivity index (χ4n) is 4.18. The summed E-state index contributed by atoms with van der Waals surface area (Å²) in [6.07, 6.45) is 5.38. The molecule has 4 rings (SSSR count). The first-order valence-electron chi connectivity index (χ1n) is 10.9. The van der Waals surface area contributed by atoms with E-state index in [2.05, 4.69) is 26.7 Å². The molecule has 8 nitrogen and oxygen atoms in total. The minimum absolute atomic E-state index is 0.0712. The Labute approximate surface area is 207 Å². The maximum Gasteiger partial charge on any atom is 0.353 e. The Balaban J connectivity index is 1.66. The van der Waals surface area contributed by atoms with Crippen LogP contribution in [-0.4, -0.2) is 20.9 Å². The molecule has 10 heteroatoms. The number of rotatable bonds is 7. The van der Waals surface area contributed by atoms with E-state index in [1.165, 1.54) is 6.33 Å². The zero-order chi connectivity index (χ0) is 24.2. The van der Waals surface area contributed by atoms with E-state index < -0.39 is 10.8 Å². The summed E-state index contributed by atoms with van der Waals surface area (Å²) in [5.74, 6) is -0.322. The van der Waals surface area contributed by atoms with Crippen molar-refractivity contribution in [3.8, 4) is 6.07 Å². The quantitative estimate of drug-likeness (QED) is 0.274. The van der Waals surface area contributed by atoms with Gasteiger partial charge in [0.2, 0.25) is 11.6 Å². The first kappa shape index (κ1) is 23.7. The van der Waals surface area contributed by atoms with Crippen molar-refractivity contribution < 1.29 is 4.92 Å². The zero-order valence-corrected chi connectivity index (χ0v) is 19.9. The average Bonchev–Trinajstić information content (AvgIpc) is 3.31. The average molecular weight is 497 g/mol. The van der Waals surface area contributed by atoms with Gasteiger partial charge in [-0.05, 0) is 54.7 Å². The van der Waals surface area contributed by atoms with Crippen LogP contribution < -0.4 is 10.6 Å². The largest absolute Gasteiger partial charge is 0.361 e. The van der Waals surface area contributed by atoms with Crippen molar-refractivity contribution >= 4 is 46.2 Å². The summed E-state index contributed by atoms with van der Waals surface area (Å²) in [5, 5.41) is 28.9. The van der Waals surface area contributed by atoms with Crippen LogP contribution in [0.25, 0.3) is 0 Å². The maximum absolute atomic E-state index is 11.9. The zero-order valence-electron chi connectivity index (χ0n) is 18.4. The molecule has 0 aliphatic heterocycles. The summed E-state index contributed by atoms with van der Waals surface area (Å²) in [7, 11) is 0. The van der Waals surface area contributed by atoms with Gasteiger partial charge < -0.3 is 10.6 Å². The molecule has 0 radical (unpaired) electrons. The Bertz CT molecular complexity index is 1250. The molecule has 1 aromatic heterocycles. The molecule has 0 spiro atoms. The lowest BCUT2D eigenvalue weighted by molar-refractivity contribution is -0.383. The molecule has 174 valence electrons. The summed E-state index contributed by atoms with van der Waals surface area (Å²) in [5.41, 5.74) is 2.49. The van der Waals surface area contributed by atoms with Crippen LogP contribution in [0, 0.1) is 28.4 Å². The fraction of sp³-hybridized carbons (Fsp3) is 0.292. The van der Waals surface area contributed by atoms with Gasteiger partial charge in [-0.1, -0.05) is 54.2 Å². The van der Waals surface area contributed by atoms with Crippen LogP contribution in [-0.2, 0) is 0 Å². The molecule has 1 aliphatic carbocycles. The van der Waals surface area contributed by atoms with Crippen molar-refractivity contribution in [3.05, 3.63) is 79.6 Å². The van der Waals surface area contributed by atoms with Gasteiger partial charge in [0.15, 0.2) is 0 Å². The highest BCUT2D eigenvalue weighted by Gasteiger charge is 2.27. The van der Waals surface area contributed by atoms with Crippen LogP contribution >= 0.6 is 23.2 Å². The number of aryl methyl sites for hydroxylation is 1. The second-order valence-electron chi connectivity index (χ2n) is 8.23. The molecule has 2 aromatic carbocycles. The monoisotopic (exact) mass is 496 g/mol. The van der Waals surface area contributed by atoms with Gasteiger partial charge in [-0.2, -0.15) is 5.26 Å². The van der Waals surface area contributed by atoms with Gasteiger partial charge >= 0.3 is 5.69 Å². The van der Waals surface area contributed by atoms with E-state index in [1.54, 1.807) is 36.4 Å². The summed E-state index contributed by atoms with van der Waals surface area (Å²) in [4.78, 5) is 19.6. The van der Waals surface area contributed by atoms with Crippen molar-refractivity contribution in [1.82, 2.24) is 9.97 Å². The number of hydrogen-bond acceptors (Lipinski definition) is 7. The number of halogens is 2. The molecule has 1 unspecified atom stereocenters. The molecule has 3 aromatic rings. The molecular weight excluding hydrogens is 475 g/mol. The molecule has 1 atom stereocenters. The van der Waals surface area contributed by atoms with E-state index in [1.807, 2.05) is 6.92 Å². The van der Waals surface area contributed by atoms with Crippen molar-refractivity contribution in [2.24, 2.45) is 0 Å². The Morgan fingerprint density at radius 1 is 1.15 bits per heavy atom. The third-order valence-corrected chi connectivity index (χ3v) is 6.52. The Kier molecular flexibility index (Phi) is 7.15. The minimum Gasteiger partial charge on any atom is -0.361 e. The third-order valence-electron chi connectivity index (χ3n) is 5.94. The summed E-state index contributed by atoms with van der Waals surface area (Å²) >= 11 is 12.5. The number of nitrogens with zero attached hydrogens (tertiary/aromatic N) is 4. The summed E-state index contributed by atoms with van der Waals surface area (Å²) in [6.45, 7) is 1.84. The first-order valence-corrected chi connectivity index (χ1v) is 11.6. The van der Waals surface area contributed by atoms with E-state index >= 15 is 0 Å². The molecular formula is C24H22Cl2N6O2. The summed E-state index contributed by atoms with van der Waals surface area (Å²) < 4.78 is 0. The standard InChI is InChI=1S/C24H22Cl2N6O2/c1-14-10-18(19(12-27)15-6-8-16(25)9-7-15)20(26)11-21(14)31-24-22(32(33)34)23(28-13-29-24)30-17-4-2-3-5-17/h6-11,13,17,19H,2-5H2,1H3,(H2,28,29,30,31). The smallest absolute Gasteiger partial charge is 0.353 e. The predicted molar refractivity (Wildman–Crippen MR) is 133 cm³/mol. The number of nitrogens with one attached hydrogen (secondary N) is 2. The first-order chi connectivity index (χ1) is 16.4. The van der Waals surface area contributed by atoms with Gasteiger partial charge in [0, 0.05) is 21.8 Å². The van der Waals surface area contributed by atoms with Crippen molar-refractivity contribution in [2.75, 3.05) is 10.6 Å². The number of nitro groups is 1. The van der Waals surface area contributed by atoms with Crippen LogP contribution in [0.2, 0.25) is 10.0 Å². The lowest BCUT2D eigenvalue weighted by atomic mass is 9.91. The second kappa shape index (κ2) is 10.2. The number of nitriles is 1. The Morgan fingerprint density at radius 2 is 1.82 bits per heavy atom. The number of anilines is 3. The van der Waals surface area contributed by atoms with Gasteiger partial charge in [-0.15, -0.1) is 0 Å². The van der Waals surface area contributed by atoms with Crippen LogP contribution in [0.1, 0.15) is 48.3 Å². The Hall–Kier alpha value is -3.41. The van der Waals surface area contributed by atoms with E-state index in [0.717, 1.165) is 36.8 Å². The number of hydrogen-bond donors (Lipinski definition) is 2. The lowest BCUT2D eigenvalue weighted by Crippen LogP contribution is -2.17.